The van der Waals surface area contributed by atoms with Crippen LogP contribution in [0.3, 0.4) is 0 Å². The zero-order valence-corrected chi connectivity index (χ0v) is 10.4. The molecular formula is C11H13ClN2O3. The Hall–Kier alpha value is -1.62. The second-order valence-corrected chi connectivity index (χ2v) is 3.81. The Morgan fingerprint density at radius 2 is 2.18 bits per heavy atom. The topological polar surface area (TPSA) is 59.5 Å². The third-order valence-electron chi connectivity index (χ3n) is 2.20. The maximum absolute atomic E-state index is 11.8. The lowest BCUT2D eigenvalue weighted by atomic mass is 10.2. The molecule has 1 aromatic heterocycles. The van der Waals surface area contributed by atoms with E-state index in [1.807, 2.05) is 0 Å². The lowest BCUT2D eigenvalue weighted by Gasteiger charge is -2.16. The van der Waals surface area contributed by atoms with Crippen molar-refractivity contribution in [3.63, 3.8) is 0 Å². The molecule has 0 aliphatic carbocycles. The van der Waals surface area contributed by atoms with E-state index in [1.165, 1.54) is 18.2 Å². The van der Waals surface area contributed by atoms with Gasteiger partial charge in [0, 0.05) is 19.8 Å². The van der Waals surface area contributed by atoms with Crippen molar-refractivity contribution >= 4 is 23.5 Å². The lowest BCUT2D eigenvalue weighted by molar-refractivity contribution is -0.140. The summed E-state index contributed by atoms with van der Waals surface area (Å²) in [4.78, 5) is 28.0. The molecule has 0 radical (unpaired) electrons. The molecule has 0 unspecified atom stereocenters. The molecule has 5 nitrogen and oxygen atoms in total. The predicted octanol–water partition coefficient (Wildman–Crippen LogP) is 1.37. The number of ether oxygens (including phenoxy) is 1. The van der Waals surface area contributed by atoms with Crippen LogP contribution in [0.25, 0.3) is 0 Å². The first-order valence-electron chi connectivity index (χ1n) is 4.98. The molecule has 1 aromatic rings. The van der Waals surface area contributed by atoms with E-state index in [1.54, 1.807) is 19.2 Å². The molecule has 0 aromatic carbocycles. The summed E-state index contributed by atoms with van der Waals surface area (Å²) in [7, 11) is 2.92. The van der Waals surface area contributed by atoms with Gasteiger partial charge in [-0.1, -0.05) is 11.6 Å². The van der Waals surface area contributed by atoms with Gasteiger partial charge in [0.15, 0.2) is 0 Å². The zero-order chi connectivity index (χ0) is 12.8. The molecule has 0 N–H and O–H groups in total. The molecule has 0 fully saturated rings. The number of pyridine rings is 1. The Morgan fingerprint density at radius 3 is 2.71 bits per heavy atom. The fraction of sp³-hybridized carbons (Fsp3) is 0.364. The quantitative estimate of drug-likeness (QED) is 0.603. The van der Waals surface area contributed by atoms with Crippen molar-refractivity contribution in [3.05, 3.63) is 29.0 Å². The monoisotopic (exact) mass is 256 g/mol. The first kappa shape index (κ1) is 13.4. The number of esters is 1. The minimum atomic E-state index is -0.348. The van der Waals surface area contributed by atoms with Gasteiger partial charge in [-0.05, 0) is 12.1 Å². The van der Waals surface area contributed by atoms with Gasteiger partial charge in [-0.2, -0.15) is 0 Å². The van der Waals surface area contributed by atoms with E-state index < -0.39 is 0 Å². The molecule has 0 atom stereocenters. The van der Waals surface area contributed by atoms with Crippen LogP contribution in [-0.2, 0) is 9.53 Å². The highest BCUT2D eigenvalue weighted by atomic mass is 35.5. The Kier molecular flexibility index (Phi) is 4.90. The molecule has 0 bridgehead atoms. The van der Waals surface area contributed by atoms with Crippen molar-refractivity contribution in [2.75, 3.05) is 20.7 Å². The Morgan fingerprint density at radius 1 is 1.47 bits per heavy atom. The van der Waals surface area contributed by atoms with Gasteiger partial charge in [-0.25, -0.2) is 4.98 Å². The fourth-order valence-corrected chi connectivity index (χ4v) is 1.30. The summed E-state index contributed by atoms with van der Waals surface area (Å²) in [6.45, 7) is 0.300. The summed E-state index contributed by atoms with van der Waals surface area (Å²) in [5.41, 5.74) is 0.432. The molecule has 92 valence electrons. The second-order valence-electron chi connectivity index (χ2n) is 3.42. The number of rotatable bonds is 4. The molecule has 1 rings (SSSR count). The van der Waals surface area contributed by atoms with Crippen LogP contribution in [0.15, 0.2) is 18.3 Å². The van der Waals surface area contributed by atoms with Crippen molar-refractivity contribution in [1.29, 1.82) is 0 Å². The normalized spacial score (nSPS) is 9.82. The molecule has 1 amide bonds. The third kappa shape index (κ3) is 4.03. The van der Waals surface area contributed by atoms with Crippen LogP contribution >= 0.6 is 11.6 Å². The van der Waals surface area contributed by atoms with E-state index in [0.29, 0.717) is 17.3 Å². The Bertz CT molecular complexity index is 406. The van der Waals surface area contributed by atoms with Crippen LogP contribution in [0.2, 0.25) is 5.15 Å². The van der Waals surface area contributed by atoms with Gasteiger partial charge < -0.3 is 9.64 Å². The summed E-state index contributed by atoms with van der Waals surface area (Å²) >= 11 is 5.62. The SMILES string of the molecule is COC(=O)CCN(C)C(=O)c1ccc(Cl)nc1. The highest BCUT2D eigenvalue weighted by Crippen LogP contribution is 2.07. The van der Waals surface area contributed by atoms with Crippen LogP contribution in [0.4, 0.5) is 0 Å². The molecular weight excluding hydrogens is 244 g/mol. The molecule has 0 spiro atoms. The predicted molar refractivity (Wildman–Crippen MR) is 62.8 cm³/mol. The number of halogens is 1. The fourth-order valence-electron chi connectivity index (χ4n) is 1.19. The lowest BCUT2D eigenvalue weighted by Crippen LogP contribution is -2.29. The number of amides is 1. The van der Waals surface area contributed by atoms with Crippen molar-refractivity contribution in [2.24, 2.45) is 0 Å². The first-order chi connectivity index (χ1) is 8.04. The van der Waals surface area contributed by atoms with Crippen molar-refractivity contribution < 1.29 is 14.3 Å². The highest BCUT2D eigenvalue weighted by molar-refractivity contribution is 6.29. The van der Waals surface area contributed by atoms with E-state index in [4.69, 9.17) is 11.6 Å². The molecule has 0 saturated carbocycles. The molecule has 1 heterocycles. The second kappa shape index (κ2) is 6.20. The minimum Gasteiger partial charge on any atom is -0.469 e. The highest BCUT2D eigenvalue weighted by Gasteiger charge is 2.13. The Balaban J connectivity index is 2.57. The van der Waals surface area contributed by atoms with E-state index in [0.717, 1.165) is 0 Å². The van der Waals surface area contributed by atoms with Gasteiger partial charge in [0.05, 0.1) is 19.1 Å². The average Bonchev–Trinajstić information content (AvgIpc) is 2.35. The Labute approximate surface area is 104 Å². The van der Waals surface area contributed by atoms with Crippen molar-refractivity contribution in [1.82, 2.24) is 9.88 Å². The molecule has 6 heteroatoms. The number of carbonyl (C=O) groups is 2. The molecule has 0 saturated heterocycles. The van der Waals surface area contributed by atoms with Crippen LogP contribution in [0.5, 0.6) is 0 Å². The number of hydrogen-bond donors (Lipinski definition) is 0. The number of aromatic nitrogens is 1. The van der Waals surface area contributed by atoms with E-state index in [-0.39, 0.29) is 18.3 Å². The van der Waals surface area contributed by atoms with Gasteiger partial charge in [-0.3, -0.25) is 9.59 Å². The number of nitrogens with zero attached hydrogens (tertiary/aromatic N) is 2. The molecule has 17 heavy (non-hydrogen) atoms. The number of carbonyl (C=O) groups excluding carboxylic acids is 2. The minimum absolute atomic E-state index is 0.166. The van der Waals surface area contributed by atoms with Gasteiger partial charge in [0.25, 0.3) is 5.91 Å². The summed E-state index contributed by atoms with van der Waals surface area (Å²) in [5.74, 6) is -0.558. The van der Waals surface area contributed by atoms with E-state index in [2.05, 4.69) is 9.72 Å². The standard InChI is InChI=1S/C11H13ClN2O3/c1-14(6-5-10(15)17-2)11(16)8-3-4-9(12)13-7-8/h3-4,7H,5-6H2,1-2H3. The molecule has 0 aliphatic rings. The van der Waals surface area contributed by atoms with Gasteiger partial charge >= 0.3 is 5.97 Å². The third-order valence-corrected chi connectivity index (χ3v) is 2.42. The maximum atomic E-state index is 11.8. The first-order valence-corrected chi connectivity index (χ1v) is 5.36. The molecule has 0 aliphatic heterocycles. The average molecular weight is 257 g/mol. The van der Waals surface area contributed by atoms with Gasteiger partial charge in [0.2, 0.25) is 0 Å². The summed E-state index contributed by atoms with van der Waals surface area (Å²) in [6.07, 6.45) is 1.57. The van der Waals surface area contributed by atoms with Crippen LogP contribution < -0.4 is 0 Å². The maximum Gasteiger partial charge on any atom is 0.307 e. The summed E-state index contributed by atoms with van der Waals surface area (Å²) in [5, 5.41) is 0.332. The number of methoxy groups -OCH3 is 1. The number of hydrogen-bond acceptors (Lipinski definition) is 4. The largest absolute Gasteiger partial charge is 0.469 e. The van der Waals surface area contributed by atoms with Crippen LogP contribution in [0, 0.1) is 0 Å². The van der Waals surface area contributed by atoms with Gasteiger partial charge in [-0.15, -0.1) is 0 Å². The van der Waals surface area contributed by atoms with Crippen molar-refractivity contribution in [3.8, 4) is 0 Å². The van der Waals surface area contributed by atoms with E-state index >= 15 is 0 Å². The van der Waals surface area contributed by atoms with Crippen LogP contribution in [-0.4, -0.2) is 42.5 Å². The van der Waals surface area contributed by atoms with Gasteiger partial charge in [0.1, 0.15) is 5.15 Å². The summed E-state index contributed by atoms with van der Waals surface area (Å²) < 4.78 is 4.50. The smallest absolute Gasteiger partial charge is 0.307 e. The summed E-state index contributed by atoms with van der Waals surface area (Å²) in [6, 6.07) is 3.13. The zero-order valence-electron chi connectivity index (χ0n) is 9.64. The van der Waals surface area contributed by atoms with E-state index in [9.17, 15) is 9.59 Å². The van der Waals surface area contributed by atoms with Crippen molar-refractivity contribution in [2.45, 2.75) is 6.42 Å². The van der Waals surface area contributed by atoms with Crippen LogP contribution in [0.1, 0.15) is 16.8 Å².